The second-order valence-electron chi connectivity index (χ2n) is 2.20. The number of nitrogens with two attached hydrogens (primary N) is 1. The van der Waals surface area contributed by atoms with Crippen LogP contribution in [0.4, 0.5) is 0 Å². The lowest BCUT2D eigenvalue weighted by atomic mass is 10.1. The van der Waals surface area contributed by atoms with Crippen molar-refractivity contribution in [1.29, 1.82) is 0 Å². The van der Waals surface area contributed by atoms with Gasteiger partial charge >= 0.3 is 0 Å². The summed E-state index contributed by atoms with van der Waals surface area (Å²) in [5.41, 5.74) is 6.00. The van der Waals surface area contributed by atoms with Gasteiger partial charge in [-0.05, 0) is 6.07 Å². The van der Waals surface area contributed by atoms with Crippen molar-refractivity contribution in [3.05, 3.63) is 21.9 Å². The summed E-state index contributed by atoms with van der Waals surface area (Å²) < 4.78 is 0. The standard InChI is InChI=1S/C6H7Cl2N3O/c7-5-1-3(4(9)2-12)6(8)11-10-5/h1,4,12H,2,9H2/t4-/m0/s1. The van der Waals surface area contributed by atoms with E-state index in [-0.39, 0.29) is 16.9 Å². The zero-order chi connectivity index (χ0) is 9.14. The van der Waals surface area contributed by atoms with Gasteiger partial charge in [-0.2, -0.15) is 0 Å². The van der Waals surface area contributed by atoms with Crippen LogP contribution in [-0.4, -0.2) is 21.9 Å². The van der Waals surface area contributed by atoms with Gasteiger partial charge in [0.2, 0.25) is 0 Å². The minimum absolute atomic E-state index is 0.168. The first kappa shape index (κ1) is 9.67. The highest BCUT2D eigenvalue weighted by Crippen LogP contribution is 2.20. The summed E-state index contributed by atoms with van der Waals surface area (Å²) in [7, 11) is 0. The molecule has 0 aromatic carbocycles. The minimum Gasteiger partial charge on any atom is -0.394 e. The Labute approximate surface area is 79.3 Å². The largest absolute Gasteiger partial charge is 0.394 e. The molecule has 0 saturated heterocycles. The van der Waals surface area contributed by atoms with Gasteiger partial charge in [0, 0.05) is 5.56 Å². The van der Waals surface area contributed by atoms with Gasteiger partial charge in [0.05, 0.1) is 12.6 Å². The van der Waals surface area contributed by atoms with Crippen molar-refractivity contribution in [2.45, 2.75) is 6.04 Å². The van der Waals surface area contributed by atoms with E-state index in [1.165, 1.54) is 6.07 Å². The average Bonchev–Trinajstić information content (AvgIpc) is 2.08. The maximum absolute atomic E-state index is 8.73. The topological polar surface area (TPSA) is 72.0 Å². The molecule has 0 unspecified atom stereocenters. The number of aliphatic hydroxyl groups excluding tert-OH is 1. The van der Waals surface area contributed by atoms with Crippen molar-refractivity contribution in [2.24, 2.45) is 5.73 Å². The van der Waals surface area contributed by atoms with E-state index in [4.69, 9.17) is 34.0 Å². The second-order valence-corrected chi connectivity index (χ2v) is 2.95. The van der Waals surface area contributed by atoms with Gasteiger partial charge in [0.15, 0.2) is 10.3 Å². The van der Waals surface area contributed by atoms with Crippen LogP contribution in [-0.2, 0) is 0 Å². The Balaban J connectivity index is 3.04. The maximum Gasteiger partial charge on any atom is 0.156 e. The van der Waals surface area contributed by atoms with Gasteiger partial charge in [-0.1, -0.05) is 23.2 Å². The first-order chi connectivity index (χ1) is 5.65. The fraction of sp³-hybridized carbons (Fsp3) is 0.333. The van der Waals surface area contributed by atoms with Crippen LogP contribution in [0.2, 0.25) is 10.3 Å². The van der Waals surface area contributed by atoms with Crippen LogP contribution in [0, 0.1) is 0 Å². The van der Waals surface area contributed by atoms with Crippen molar-refractivity contribution in [2.75, 3.05) is 6.61 Å². The molecule has 0 fully saturated rings. The highest BCUT2D eigenvalue weighted by atomic mass is 35.5. The Morgan fingerprint density at radius 2 is 2.17 bits per heavy atom. The minimum atomic E-state index is -0.564. The molecule has 0 radical (unpaired) electrons. The van der Waals surface area contributed by atoms with Crippen LogP contribution in [0.25, 0.3) is 0 Å². The van der Waals surface area contributed by atoms with Gasteiger partial charge < -0.3 is 10.8 Å². The van der Waals surface area contributed by atoms with Crippen molar-refractivity contribution in [3.63, 3.8) is 0 Å². The van der Waals surface area contributed by atoms with Crippen LogP contribution in [0.3, 0.4) is 0 Å². The lowest BCUT2D eigenvalue weighted by Gasteiger charge is -2.08. The van der Waals surface area contributed by atoms with Gasteiger partial charge in [-0.25, -0.2) is 0 Å². The normalized spacial score (nSPS) is 13.0. The lowest BCUT2D eigenvalue weighted by Crippen LogP contribution is -2.15. The van der Waals surface area contributed by atoms with Crippen molar-refractivity contribution in [1.82, 2.24) is 10.2 Å². The van der Waals surface area contributed by atoms with Crippen LogP contribution >= 0.6 is 23.2 Å². The summed E-state index contributed by atoms with van der Waals surface area (Å²) in [4.78, 5) is 0. The molecule has 6 heteroatoms. The first-order valence-electron chi connectivity index (χ1n) is 3.20. The van der Waals surface area contributed by atoms with E-state index in [0.717, 1.165) is 0 Å². The van der Waals surface area contributed by atoms with Crippen LogP contribution < -0.4 is 5.73 Å². The van der Waals surface area contributed by atoms with Crippen LogP contribution in [0.15, 0.2) is 6.07 Å². The Bertz CT molecular complexity index is 281. The zero-order valence-electron chi connectivity index (χ0n) is 6.04. The molecular weight excluding hydrogens is 201 g/mol. The third kappa shape index (κ3) is 2.04. The molecule has 3 N–H and O–H groups in total. The molecule has 4 nitrogen and oxygen atoms in total. The van der Waals surface area contributed by atoms with Gasteiger partial charge in [0.25, 0.3) is 0 Å². The number of aromatic nitrogens is 2. The molecule has 1 aromatic heterocycles. The fourth-order valence-corrected chi connectivity index (χ4v) is 1.11. The number of hydrogen-bond donors (Lipinski definition) is 2. The number of nitrogens with zero attached hydrogens (tertiary/aromatic N) is 2. The molecule has 0 aliphatic heterocycles. The second kappa shape index (κ2) is 4.00. The van der Waals surface area contributed by atoms with Gasteiger partial charge in [0.1, 0.15) is 0 Å². The van der Waals surface area contributed by atoms with E-state index < -0.39 is 6.04 Å². The van der Waals surface area contributed by atoms with E-state index >= 15 is 0 Å². The summed E-state index contributed by atoms with van der Waals surface area (Å²) in [6.07, 6.45) is 0. The molecule has 0 bridgehead atoms. The van der Waals surface area contributed by atoms with Crippen molar-refractivity contribution >= 4 is 23.2 Å². The first-order valence-corrected chi connectivity index (χ1v) is 3.95. The summed E-state index contributed by atoms with van der Waals surface area (Å²) in [5, 5.41) is 16.1. The molecule has 66 valence electrons. The Hall–Kier alpha value is -0.420. The molecule has 12 heavy (non-hydrogen) atoms. The average molecular weight is 208 g/mol. The SMILES string of the molecule is N[C@@H](CO)c1cc(Cl)nnc1Cl. The summed E-state index contributed by atoms with van der Waals surface area (Å²) in [5.74, 6) is 0. The highest BCUT2D eigenvalue weighted by molar-refractivity contribution is 6.31. The number of aliphatic hydroxyl groups is 1. The van der Waals surface area contributed by atoms with E-state index in [0.29, 0.717) is 5.56 Å². The molecule has 0 aliphatic rings. The molecular formula is C6H7Cl2N3O. The predicted octanol–water partition coefficient (Wildman–Crippen LogP) is 0.775. The molecule has 0 aliphatic carbocycles. The molecule has 0 amide bonds. The Kier molecular flexibility index (Phi) is 3.22. The van der Waals surface area contributed by atoms with Crippen LogP contribution in [0.5, 0.6) is 0 Å². The lowest BCUT2D eigenvalue weighted by molar-refractivity contribution is 0.267. The van der Waals surface area contributed by atoms with Crippen LogP contribution in [0.1, 0.15) is 11.6 Å². The Morgan fingerprint density at radius 1 is 1.50 bits per heavy atom. The van der Waals surface area contributed by atoms with Crippen molar-refractivity contribution in [3.8, 4) is 0 Å². The predicted molar refractivity (Wildman–Crippen MR) is 46.1 cm³/mol. The quantitative estimate of drug-likeness (QED) is 0.752. The fourth-order valence-electron chi connectivity index (χ4n) is 0.725. The third-order valence-corrected chi connectivity index (χ3v) is 1.82. The monoisotopic (exact) mass is 207 g/mol. The number of halogens is 2. The van der Waals surface area contributed by atoms with Crippen molar-refractivity contribution < 1.29 is 5.11 Å². The molecule has 1 heterocycles. The maximum atomic E-state index is 8.73. The molecule has 0 saturated carbocycles. The molecule has 1 atom stereocenters. The third-order valence-electron chi connectivity index (χ3n) is 1.34. The molecule has 0 spiro atoms. The molecule has 1 rings (SSSR count). The van der Waals surface area contributed by atoms with Gasteiger partial charge in [-0.15, -0.1) is 10.2 Å². The zero-order valence-corrected chi connectivity index (χ0v) is 7.55. The summed E-state index contributed by atoms with van der Waals surface area (Å²) in [6, 6.07) is 0.920. The van der Waals surface area contributed by atoms with Gasteiger partial charge in [-0.3, -0.25) is 0 Å². The molecule has 1 aromatic rings. The number of rotatable bonds is 2. The highest BCUT2D eigenvalue weighted by Gasteiger charge is 2.11. The van der Waals surface area contributed by atoms with E-state index in [9.17, 15) is 0 Å². The van der Waals surface area contributed by atoms with E-state index in [1.54, 1.807) is 0 Å². The number of hydrogen-bond acceptors (Lipinski definition) is 4. The van der Waals surface area contributed by atoms with E-state index in [2.05, 4.69) is 10.2 Å². The smallest absolute Gasteiger partial charge is 0.156 e. The summed E-state index contributed by atoms with van der Waals surface area (Å²) in [6.45, 7) is -0.207. The summed E-state index contributed by atoms with van der Waals surface area (Å²) >= 11 is 11.2. The Morgan fingerprint density at radius 3 is 2.75 bits per heavy atom. The van der Waals surface area contributed by atoms with E-state index in [1.807, 2.05) is 0 Å².